The standard InChI is InChI=1S/C13H14N2O.C2H6/c1-3-16-13-6-4-11(5-7-13)12-8-10(2)15-14-9-12;1-2/h4-9,15H,2-3H2,1H3;1-2H3. The lowest BCUT2D eigenvalue weighted by Crippen LogP contribution is -2.08. The monoisotopic (exact) mass is 244 g/mol. The fourth-order valence-electron chi connectivity index (χ4n) is 1.51. The molecule has 0 spiro atoms. The summed E-state index contributed by atoms with van der Waals surface area (Å²) in [5, 5.41) is 4.00. The quantitative estimate of drug-likeness (QED) is 0.881. The Bertz CT molecular complexity index is 444. The zero-order valence-electron chi connectivity index (χ0n) is 11.2. The van der Waals surface area contributed by atoms with E-state index < -0.39 is 0 Å². The number of ether oxygens (including phenoxy) is 1. The van der Waals surface area contributed by atoms with E-state index in [4.69, 9.17) is 4.74 Å². The summed E-state index contributed by atoms with van der Waals surface area (Å²) in [4.78, 5) is 0. The van der Waals surface area contributed by atoms with Crippen molar-refractivity contribution in [2.45, 2.75) is 20.8 Å². The van der Waals surface area contributed by atoms with E-state index in [0.717, 1.165) is 22.6 Å². The molecule has 0 saturated heterocycles. The summed E-state index contributed by atoms with van der Waals surface area (Å²) in [5.41, 5.74) is 5.74. The molecule has 1 aromatic carbocycles. The molecule has 0 amide bonds. The van der Waals surface area contributed by atoms with Crippen LogP contribution in [0.1, 0.15) is 26.3 Å². The Morgan fingerprint density at radius 2 is 1.89 bits per heavy atom. The molecule has 0 aromatic heterocycles. The number of allylic oxidation sites excluding steroid dienone is 2. The maximum atomic E-state index is 5.39. The van der Waals surface area contributed by atoms with Crippen molar-refractivity contribution in [2.75, 3.05) is 6.61 Å². The molecule has 2 rings (SSSR count). The Hall–Kier alpha value is -2.03. The van der Waals surface area contributed by atoms with E-state index in [1.54, 1.807) is 6.21 Å². The van der Waals surface area contributed by atoms with Gasteiger partial charge in [0.05, 0.1) is 12.8 Å². The highest BCUT2D eigenvalue weighted by Gasteiger charge is 2.03. The second-order valence-corrected chi connectivity index (χ2v) is 3.45. The average molecular weight is 244 g/mol. The second-order valence-electron chi connectivity index (χ2n) is 3.45. The van der Waals surface area contributed by atoms with Gasteiger partial charge in [0.15, 0.2) is 0 Å². The lowest BCUT2D eigenvalue weighted by Gasteiger charge is -2.10. The highest BCUT2D eigenvalue weighted by atomic mass is 16.5. The summed E-state index contributed by atoms with van der Waals surface area (Å²) >= 11 is 0. The van der Waals surface area contributed by atoms with Crippen LogP contribution in [0.4, 0.5) is 0 Å². The maximum absolute atomic E-state index is 5.39. The van der Waals surface area contributed by atoms with Crippen LogP contribution in [0.25, 0.3) is 5.57 Å². The van der Waals surface area contributed by atoms with Crippen molar-refractivity contribution in [1.29, 1.82) is 0 Å². The highest BCUT2D eigenvalue weighted by molar-refractivity contribution is 6.11. The van der Waals surface area contributed by atoms with Crippen LogP contribution in [0.5, 0.6) is 5.75 Å². The molecule has 1 heterocycles. The van der Waals surface area contributed by atoms with E-state index >= 15 is 0 Å². The van der Waals surface area contributed by atoms with Gasteiger partial charge in [-0.25, -0.2) is 0 Å². The predicted octanol–water partition coefficient (Wildman–Crippen LogP) is 3.60. The molecule has 18 heavy (non-hydrogen) atoms. The van der Waals surface area contributed by atoms with Crippen molar-refractivity contribution in [3.05, 3.63) is 48.2 Å². The van der Waals surface area contributed by atoms with Gasteiger partial charge in [-0.05, 0) is 30.7 Å². The van der Waals surface area contributed by atoms with Crippen LogP contribution in [0.2, 0.25) is 0 Å². The zero-order valence-corrected chi connectivity index (χ0v) is 11.2. The van der Waals surface area contributed by atoms with E-state index in [9.17, 15) is 0 Å². The van der Waals surface area contributed by atoms with Gasteiger partial charge in [-0.3, -0.25) is 5.43 Å². The number of nitrogens with zero attached hydrogens (tertiary/aromatic N) is 1. The molecule has 96 valence electrons. The van der Waals surface area contributed by atoms with Gasteiger partial charge in [-0.2, -0.15) is 5.10 Å². The van der Waals surface area contributed by atoms with E-state index in [1.165, 1.54) is 0 Å². The maximum Gasteiger partial charge on any atom is 0.119 e. The molecule has 0 atom stereocenters. The van der Waals surface area contributed by atoms with Crippen molar-refractivity contribution in [2.24, 2.45) is 5.10 Å². The number of hydrazone groups is 1. The topological polar surface area (TPSA) is 33.6 Å². The average Bonchev–Trinajstić information content (AvgIpc) is 2.42. The molecule has 0 saturated carbocycles. The molecular weight excluding hydrogens is 224 g/mol. The summed E-state index contributed by atoms with van der Waals surface area (Å²) in [7, 11) is 0. The van der Waals surface area contributed by atoms with Crippen LogP contribution in [0, 0.1) is 0 Å². The normalized spacial score (nSPS) is 13.1. The summed E-state index contributed by atoms with van der Waals surface area (Å²) in [6, 6.07) is 7.94. The minimum atomic E-state index is 0.685. The number of hydrogen-bond donors (Lipinski definition) is 1. The second kappa shape index (κ2) is 7.33. The third-order valence-electron chi connectivity index (χ3n) is 2.24. The smallest absolute Gasteiger partial charge is 0.119 e. The molecule has 0 bridgehead atoms. The third-order valence-corrected chi connectivity index (χ3v) is 2.24. The lowest BCUT2D eigenvalue weighted by molar-refractivity contribution is 0.340. The predicted molar refractivity (Wildman–Crippen MR) is 77.7 cm³/mol. The molecule has 1 aliphatic heterocycles. The number of nitrogens with one attached hydrogen (secondary N) is 1. The molecule has 0 radical (unpaired) electrons. The third kappa shape index (κ3) is 3.77. The molecule has 1 aromatic rings. The van der Waals surface area contributed by atoms with Crippen LogP contribution in [-0.4, -0.2) is 12.8 Å². The lowest BCUT2D eigenvalue weighted by atomic mass is 10.1. The van der Waals surface area contributed by atoms with Crippen LogP contribution < -0.4 is 10.2 Å². The van der Waals surface area contributed by atoms with Gasteiger partial charge in [0.2, 0.25) is 0 Å². The van der Waals surface area contributed by atoms with Gasteiger partial charge in [0.25, 0.3) is 0 Å². The Morgan fingerprint density at radius 1 is 1.22 bits per heavy atom. The van der Waals surface area contributed by atoms with Crippen LogP contribution >= 0.6 is 0 Å². The van der Waals surface area contributed by atoms with Crippen LogP contribution in [0.3, 0.4) is 0 Å². The molecule has 1 aliphatic rings. The van der Waals surface area contributed by atoms with Crippen LogP contribution in [0.15, 0.2) is 47.7 Å². The summed E-state index contributed by atoms with van der Waals surface area (Å²) in [6.07, 6.45) is 3.74. The molecule has 0 aliphatic carbocycles. The van der Waals surface area contributed by atoms with E-state index in [0.29, 0.717) is 6.61 Å². The fraction of sp³-hybridized carbons (Fsp3) is 0.267. The Morgan fingerprint density at radius 3 is 2.44 bits per heavy atom. The van der Waals surface area contributed by atoms with Gasteiger partial charge >= 0.3 is 0 Å². The van der Waals surface area contributed by atoms with Crippen molar-refractivity contribution >= 4 is 11.8 Å². The van der Waals surface area contributed by atoms with Crippen molar-refractivity contribution in [1.82, 2.24) is 5.43 Å². The first-order valence-corrected chi connectivity index (χ1v) is 6.22. The first kappa shape index (κ1) is 14.0. The SMILES string of the molecule is C=C1C=C(c2ccc(OCC)cc2)C=NN1.CC. The van der Waals surface area contributed by atoms with Crippen molar-refractivity contribution in [3.63, 3.8) is 0 Å². The Balaban J connectivity index is 0.000000771. The van der Waals surface area contributed by atoms with Gasteiger partial charge in [-0.15, -0.1) is 0 Å². The van der Waals surface area contributed by atoms with Crippen LogP contribution in [-0.2, 0) is 0 Å². The molecule has 3 heteroatoms. The van der Waals surface area contributed by atoms with Gasteiger partial charge < -0.3 is 4.74 Å². The van der Waals surface area contributed by atoms with E-state index in [1.807, 2.05) is 51.1 Å². The molecule has 1 N–H and O–H groups in total. The van der Waals surface area contributed by atoms with Gasteiger partial charge in [0, 0.05) is 11.3 Å². The minimum Gasteiger partial charge on any atom is -0.494 e. The fourth-order valence-corrected chi connectivity index (χ4v) is 1.51. The number of hydrogen-bond acceptors (Lipinski definition) is 3. The first-order valence-electron chi connectivity index (χ1n) is 6.22. The van der Waals surface area contributed by atoms with Gasteiger partial charge in [0.1, 0.15) is 5.75 Å². The number of rotatable bonds is 3. The minimum absolute atomic E-state index is 0.685. The largest absolute Gasteiger partial charge is 0.494 e. The first-order chi connectivity index (χ1) is 8.79. The van der Waals surface area contributed by atoms with E-state index in [2.05, 4.69) is 17.1 Å². The molecule has 0 unspecified atom stereocenters. The Kier molecular flexibility index (Phi) is 5.71. The molecule has 0 fully saturated rings. The van der Waals surface area contributed by atoms with E-state index in [-0.39, 0.29) is 0 Å². The van der Waals surface area contributed by atoms with Crippen molar-refractivity contribution in [3.8, 4) is 5.75 Å². The highest BCUT2D eigenvalue weighted by Crippen LogP contribution is 2.19. The Labute approximate surface area is 109 Å². The molecule has 3 nitrogen and oxygen atoms in total. The number of benzene rings is 1. The summed E-state index contributed by atoms with van der Waals surface area (Å²) in [5.74, 6) is 0.886. The molecular formula is C15H20N2O. The zero-order chi connectivity index (χ0) is 13.4. The summed E-state index contributed by atoms with van der Waals surface area (Å²) < 4.78 is 5.39. The van der Waals surface area contributed by atoms with Crippen molar-refractivity contribution < 1.29 is 4.74 Å². The van der Waals surface area contributed by atoms with Gasteiger partial charge in [-0.1, -0.05) is 32.6 Å². The summed E-state index contributed by atoms with van der Waals surface area (Å²) in [6.45, 7) is 10.5.